The zero-order chi connectivity index (χ0) is 22.0. The number of hydrogen-bond donors (Lipinski definition) is 2. The summed E-state index contributed by atoms with van der Waals surface area (Å²) in [5.41, 5.74) is 1.57. The fourth-order valence-corrected chi connectivity index (χ4v) is 4.20. The van der Waals surface area contributed by atoms with Crippen molar-refractivity contribution >= 4 is 29.2 Å². The summed E-state index contributed by atoms with van der Waals surface area (Å²) in [6, 6.07) is 9.29. The lowest BCUT2D eigenvalue weighted by atomic mass is 9.94. The van der Waals surface area contributed by atoms with E-state index >= 15 is 0 Å². The SMILES string of the molecule is COc1ccc(OC)c(NC(=O)Nc2ccc3c(c2)C(=O)N(C2CCCCC2)C3=O)c1. The Morgan fingerprint density at radius 2 is 1.65 bits per heavy atom. The van der Waals surface area contributed by atoms with E-state index in [4.69, 9.17) is 9.47 Å². The molecule has 8 heteroatoms. The minimum Gasteiger partial charge on any atom is -0.497 e. The highest BCUT2D eigenvalue weighted by Gasteiger charge is 2.40. The molecule has 1 heterocycles. The lowest BCUT2D eigenvalue weighted by Gasteiger charge is -2.29. The first-order valence-electron chi connectivity index (χ1n) is 10.3. The summed E-state index contributed by atoms with van der Waals surface area (Å²) in [5, 5.41) is 5.43. The summed E-state index contributed by atoms with van der Waals surface area (Å²) < 4.78 is 10.5. The number of amides is 4. The lowest BCUT2D eigenvalue weighted by molar-refractivity contribution is 0.0549. The molecular formula is C23H25N3O5. The molecule has 2 aliphatic rings. The minimum atomic E-state index is -0.507. The van der Waals surface area contributed by atoms with Crippen LogP contribution in [0.25, 0.3) is 0 Å². The Morgan fingerprint density at radius 3 is 2.35 bits per heavy atom. The van der Waals surface area contributed by atoms with E-state index in [2.05, 4.69) is 10.6 Å². The summed E-state index contributed by atoms with van der Waals surface area (Å²) >= 11 is 0. The molecule has 31 heavy (non-hydrogen) atoms. The van der Waals surface area contributed by atoms with Gasteiger partial charge in [0.05, 0.1) is 31.0 Å². The number of ether oxygens (including phenoxy) is 2. The van der Waals surface area contributed by atoms with Gasteiger partial charge in [0.15, 0.2) is 0 Å². The number of methoxy groups -OCH3 is 2. The molecule has 0 saturated heterocycles. The van der Waals surface area contributed by atoms with Crippen molar-refractivity contribution < 1.29 is 23.9 Å². The molecule has 0 radical (unpaired) electrons. The summed E-state index contributed by atoms with van der Waals surface area (Å²) in [7, 11) is 3.04. The van der Waals surface area contributed by atoms with Gasteiger partial charge < -0.3 is 20.1 Å². The van der Waals surface area contributed by atoms with Gasteiger partial charge in [-0.2, -0.15) is 0 Å². The smallest absolute Gasteiger partial charge is 0.323 e. The zero-order valence-electron chi connectivity index (χ0n) is 17.6. The van der Waals surface area contributed by atoms with Crippen molar-refractivity contribution in [3.8, 4) is 11.5 Å². The van der Waals surface area contributed by atoms with Crippen LogP contribution in [0.15, 0.2) is 36.4 Å². The highest BCUT2D eigenvalue weighted by Crippen LogP contribution is 2.33. The molecule has 1 aliphatic heterocycles. The van der Waals surface area contributed by atoms with E-state index in [1.165, 1.54) is 19.1 Å². The third-order valence-electron chi connectivity index (χ3n) is 5.77. The van der Waals surface area contributed by atoms with Crippen LogP contribution in [-0.4, -0.2) is 43.0 Å². The number of nitrogens with one attached hydrogen (secondary N) is 2. The molecule has 162 valence electrons. The summed E-state index contributed by atoms with van der Waals surface area (Å²) in [4.78, 5) is 39.7. The lowest BCUT2D eigenvalue weighted by Crippen LogP contribution is -2.40. The van der Waals surface area contributed by atoms with Crippen LogP contribution in [0, 0.1) is 0 Å². The number of urea groups is 1. The van der Waals surface area contributed by atoms with Gasteiger partial charge >= 0.3 is 6.03 Å². The second kappa shape index (κ2) is 8.67. The van der Waals surface area contributed by atoms with Crippen molar-refractivity contribution in [1.82, 2.24) is 4.90 Å². The molecule has 1 fully saturated rings. The third-order valence-corrected chi connectivity index (χ3v) is 5.77. The first-order valence-corrected chi connectivity index (χ1v) is 10.3. The van der Waals surface area contributed by atoms with Crippen LogP contribution in [0.3, 0.4) is 0 Å². The van der Waals surface area contributed by atoms with Gasteiger partial charge in [-0.3, -0.25) is 14.5 Å². The molecule has 0 unspecified atom stereocenters. The Balaban J connectivity index is 1.49. The van der Waals surface area contributed by atoms with Gasteiger partial charge in [0.25, 0.3) is 11.8 Å². The van der Waals surface area contributed by atoms with Crippen molar-refractivity contribution in [1.29, 1.82) is 0 Å². The average molecular weight is 423 g/mol. The Labute approximate surface area is 180 Å². The summed E-state index contributed by atoms with van der Waals surface area (Å²) in [6.07, 6.45) is 4.89. The molecule has 0 spiro atoms. The van der Waals surface area contributed by atoms with E-state index in [0.29, 0.717) is 34.0 Å². The van der Waals surface area contributed by atoms with Gasteiger partial charge in [0, 0.05) is 17.8 Å². The van der Waals surface area contributed by atoms with Crippen LogP contribution in [-0.2, 0) is 0 Å². The van der Waals surface area contributed by atoms with Crippen LogP contribution in [0.4, 0.5) is 16.2 Å². The molecule has 0 bridgehead atoms. The number of carbonyl (C=O) groups excluding carboxylic acids is 3. The Bertz CT molecular complexity index is 1030. The molecule has 0 aromatic heterocycles. The van der Waals surface area contributed by atoms with Crippen LogP contribution >= 0.6 is 0 Å². The van der Waals surface area contributed by atoms with E-state index in [0.717, 1.165) is 32.1 Å². The van der Waals surface area contributed by atoms with Crippen molar-refractivity contribution in [3.63, 3.8) is 0 Å². The van der Waals surface area contributed by atoms with Gasteiger partial charge in [-0.15, -0.1) is 0 Å². The van der Waals surface area contributed by atoms with Crippen LogP contribution in [0.5, 0.6) is 11.5 Å². The summed E-state index contributed by atoms with van der Waals surface area (Å²) in [6.45, 7) is 0. The second-order valence-electron chi connectivity index (χ2n) is 7.68. The van der Waals surface area contributed by atoms with E-state index in [1.54, 1.807) is 36.4 Å². The number of hydrogen-bond acceptors (Lipinski definition) is 5. The summed E-state index contributed by atoms with van der Waals surface area (Å²) in [5.74, 6) is 0.517. The minimum absolute atomic E-state index is 0.0404. The van der Waals surface area contributed by atoms with Gasteiger partial charge in [-0.1, -0.05) is 19.3 Å². The van der Waals surface area contributed by atoms with Crippen LogP contribution in [0.1, 0.15) is 52.8 Å². The molecule has 4 rings (SSSR count). The Hall–Kier alpha value is -3.55. The molecular weight excluding hydrogens is 398 g/mol. The maximum Gasteiger partial charge on any atom is 0.323 e. The predicted molar refractivity (Wildman–Crippen MR) is 116 cm³/mol. The molecule has 4 amide bonds. The number of imide groups is 1. The number of carbonyl (C=O) groups is 3. The van der Waals surface area contributed by atoms with E-state index in [9.17, 15) is 14.4 Å². The van der Waals surface area contributed by atoms with Crippen LogP contribution < -0.4 is 20.1 Å². The molecule has 2 aromatic carbocycles. The van der Waals surface area contributed by atoms with Gasteiger partial charge in [0.2, 0.25) is 0 Å². The van der Waals surface area contributed by atoms with Gasteiger partial charge in [-0.05, 0) is 43.2 Å². The normalized spacial score (nSPS) is 16.1. The highest BCUT2D eigenvalue weighted by atomic mass is 16.5. The standard InChI is InChI=1S/C23H25N3O5/c1-30-16-9-11-20(31-2)19(13-16)25-23(29)24-14-8-10-17-18(12-14)22(28)26(21(17)27)15-6-4-3-5-7-15/h8-13,15H,3-7H2,1-2H3,(H2,24,25,29). The van der Waals surface area contributed by atoms with E-state index < -0.39 is 6.03 Å². The third kappa shape index (κ3) is 4.05. The fourth-order valence-electron chi connectivity index (χ4n) is 4.20. The maximum absolute atomic E-state index is 12.9. The molecule has 2 aromatic rings. The molecule has 1 aliphatic carbocycles. The van der Waals surface area contributed by atoms with Crippen LogP contribution in [0.2, 0.25) is 0 Å². The molecule has 1 saturated carbocycles. The quantitative estimate of drug-likeness (QED) is 0.700. The first kappa shape index (κ1) is 20.7. The number of anilines is 2. The van der Waals surface area contributed by atoms with E-state index in [1.807, 2.05) is 0 Å². The number of nitrogens with zero attached hydrogens (tertiary/aromatic N) is 1. The zero-order valence-corrected chi connectivity index (χ0v) is 17.6. The van der Waals surface area contributed by atoms with Crippen molar-refractivity contribution in [2.24, 2.45) is 0 Å². The Morgan fingerprint density at radius 1 is 0.903 bits per heavy atom. The molecule has 2 N–H and O–H groups in total. The highest BCUT2D eigenvalue weighted by molar-refractivity contribution is 6.22. The van der Waals surface area contributed by atoms with E-state index in [-0.39, 0.29) is 17.9 Å². The predicted octanol–water partition coefficient (Wildman–Crippen LogP) is 4.28. The second-order valence-corrected chi connectivity index (χ2v) is 7.68. The topological polar surface area (TPSA) is 97.0 Å². The van der Waals surface area contributed by atoms with Gasteiger partial charge in [0.1, 0.15) is 11.5 Å². The van der Waals surface area contributed by atoms with Crippen molar-refractivity contribution in [2.45, 2.75) is 38.1 Å². The molecule has 0 atom stereocenters. The molecule has 8 nitrogen and oxygen atoms in total. The number of rotatable bonds is 5. The van der Waals surface area contributed by atoms with Crippen molar-refractivity contribution in [3.05, 3.63) is 47.5 Å². The fraction of sp³-hybridized carbons (Fsp3) is 0.348. The average Bonchev–Trinajstić information content (AvgIpc) is 3.03. The monoisotopic (exact) mass is 423 g/mol. The Kier molecular flexibility index (Phi) is 5.79. The van der Waals surface area contributed by atoms with Crippen molar-refractivity contribution in [2.75, 3.05) is 24.9 Å². The van der Waals surface area contributed by atoms with Gasteiger partial charge in [-0.25, -0.2) is 4.79 Å². The largest absolute Gasteiger partial charge is 0.497 e. The number of benzene rings is 2. The maximum atomic E-state index is 12.9. The first-order chi connectivity index (χ1) is 15.0. The number of fused-ring (bicyclic) bond motifs is 1.